The van der Waals surface area contributed by atoms with Crippen LogP contribution in [0.5, 0.6) is 0 Å². The predicted molar refractivity (Wildman–Crippen MR) is 99.3 cm³/mol. The molecule has 26 heavy (non-hydrogen) atoms. The van der Waals surface area contributed by atoms with Crippen LogP contribution in [0.2, 0.25) is 0 Å². The van der Waals surface area contributed by atoms with Crippen molar-refractivity contribution in [3.63, 3.8) is 0 Å². The van der Waals surface area contributed by atoms with Crippen LogP contribution in [0.1, 0.15) is 45.1 Å². The average Bonchev–Trinajstić information content (AvgIpc) is 2.56. The number of benzene rings is 1. The van der Waals surface area contributed by atoms with E-state index < -0.39 is 10.1 Å². The second-order valence-corrected chi connectivity index (χ2v) is 7.71. The van der Waals surface area contributed by atoms with Crippen LogP contribution in [0.25, 0.3) is 0 Å². The Balaban J connectivity index is 0.000000502. The number of rotatable bonds is 9. The molecule has 1 aromatic carbocycles. The molecule has 7 nitrogen and oxygen atoms in total. The van der Waals surface area contributed by atoms with Crippen LogP contribution in [-0.2, 0) is 24.4 Å². The number of carbonyl (C=O) groups excluding carboxylic acids is 2. The highest BCUT2D eigenvalue weighted by atomic mass is 32.2. The Morgan fingerprint density at radius 1 is 1.15 bits per heavy atom. The van der Waals surface area contributed by atoms with Crippen LogP contribution in [0.3, 0.4) is 0 Å². The maximum atomic E-state index is 11.1. The van der Waals surface area contributed by atoms with Gasteiger partial charge in [-0.25, -0.2) is 0 Å². The lowest BCUT2D eigenvalue weighted by atomic mass is 10.1. The highest BCUT2D eigenvalue weighted by molar-refractivity contribution is 7.85. The topological polar surface area (TPSA) is 124 Å². The molecule has 1 aromatic rings. The van der Waals surface area contributed by atoms with Crippen LogP contribution < -0.4 is 5.73 Å². The molecule has 0 radical (unpaired) electrons. The van der Waals surface area contributed by atoms with Gasteiger partial charge in [0.25, 0.3) is 10.1 Å². The first-order chi connectivity index (χ1) is 12.1. The Morgan fingerprint density at radius 3 is 2.19 bits per heavy atom. The number of ketones is 1. The van der Waals surface area contributed by atoms with Crippen molar-refractivity contribution in [1.82, 2.24) is 0 Å². The Morgan fingerprint density at radius 2 is 1.73 bits per heavy atom. The van der Waals surface area contributed by atoms with E-state index >= 15 is 0 Å². The summed E-state index contributed by atoms with van der Waals surface area (Å²) in [6.45, 7) is 6.55. The van der Waals surface area contributed by atoms with Gasteiger partial charge < -0.3 is 10.5 Å². The molecule has 0 amide bonds. The van der Waals surface area contributed by atoms with Gasteiger partial charge in [-0.3, -0.25) is 14.1 Å². The molecule has 0 spiro atoms. The first kappa shape index (κ1) is 24.2. The SMILES string of the molecule is CC(C)CCCOC(=O)CCC(=O)CN.Cc1ccc(S(=O)(=O)O)cc1. The summed E-state index contributed by atoms with van der Waals surface area (Å²) < 4.78 is 34.5. The minimum atomic E-state index is -4.02. The lowest BCUT2D eigenvalue weighted by molar-refractivity contribution is -0.144. The third kappa shape index (κ3) is 12.6. The van der Waals surface area contributed by atoms with E-state index in [4.69, 9.17) is 15.0 Å². The van der Waals surface area contributed by atoms with Crippen LogP contribution in [0.15, 0.2) is 29.2 Å². The molecular weight excluding hydrogens is 358 g/mol. The van der Waals surface area contributed by atoms with Gasteiger partial charge in [0.15, 0.2) is 0 Å². The second kappa shape index (κ2) is 12.6. The van der Waals surface area contributed by atoms with Crippen molar-refractivity contribution in [2.24, 2.45) is 11.7 Å². The summed E-state index contributed by atoms with van der Waals surface area (Å²) in [6.07, 6.45) is 2.28. The molecule has 148 valence electrons. The fourth-order valence-electron chi connectivity index (χ4n) is 1.80. The highest BCUT2D eigenvalue weighted by Gasteiger charge is 2.07. The minimum Gasteiger partial charge on any atom is -0.466 e. The van der Waals surface area contributed by atoms with Crippen LogP contribution in [-0.4, -0.2) is 37.9 Å². The average molecular weight is 387 g/mol. The molecule has 0 aliphatic heterocycles. The quantitative estimate of drug-likeness (QED) is 0.379. The fraction of sp³-hybridized carbons (Fsp3) is 0.556. The van der Waals surface area contributed by atoms with Crippen molar-refractivity contribution >= 4 is 21.9 Å². The standard InChI is InChI=1S/C11H21NO3.C7H8O3S/c1-9(2)4-3-7-15-11(14)6-5-10(13)8-12;1-6-2-4-7(5-3-6)11(8,9)10/h9H,3-8,12H2,1-2H3;2-5H,1H3,(H,8,9,10). The van der Waals surface area contributed by atoms with Crippen molar-refractivity contribution in [3.05, 3.63) is 29.8 Å². The molecule has 0 atom stereocenters. The summed E-state index contributed by atoms with van der Waals surface area (Å²) in [5.74, 6) is 0.220. The van der Waals surface area contributed by atoms with Crippen LogP contribution in [0.4, 0.5) is 0 Å². The number of Topliss-reactive ketones (excluding diaryl/α,β-unsaturated/α-hetero) is 1. The number of carbonyl (C=O) groups is 2. The van der Waals surface area contributed by atoms with Gasteiger partial charge in [-0.2, -0.15) is 8.42 Å². The van der Waals surface area contributed by atoms with Crippen molar-refractivity contribution in [2.45, 2.75) is 51.3 Å². The number of ether oxygens (including phenoxy) is 1. The molecule has 0 heterocycles. The van der Waals surface area contributed by atoms with Gasteiger partial charge >= 0.3 is 5.97 Å². The van der Waals surface area contributed by atoms with E-state index in [9.17, 15) is 18.0 Å². The zero-order valence-corrected chi connectivity index (χ0v) is 16.4. The Labute approximate surface area is 155 Å². The van der Waals surface area contributed by atoms with Gasteiger partial charge in [-0.15, -0.1) is 0 Å². The summed E-state index contributed by atoms with van der Waals surface area (Å²) in [5.41, 5.74) is 6.07. The molecule has 0 bridgehead atoms. The van der Waals surface area contributed by atoms with Gasteiger partial charge in [0.05, 0.1) is 24.5 Å². The van der Waals surface area contributed by atoms with E-state index in [1.54, 1.807) is 12.1 Å². The van der Waals surface area contributed by atoms with E-state index in [1.807, 2.05) is 6.92 Å². The van der Waals surface area contributed by atoms with Crippen molar-refractivity contribution in [2.75, 3.05) is 13.2 Å². The number of nitrogens with two attached hydrogens (primary N) is 1. The Hall–Kier alpha value is -1.77. The van der Waals surface area contributed by atoms with E-state index in [-0.39, 0.29) is 36.0 Å². The number of hydrogen-bond acceptors (Lipinski definition) is 6. The first-order valence-electron chi connectivity index (χ1n) is 8.47. The summed E-state index contributed by atoms with van der Waals surface area (Å²) in [6, 6.07) is 5.99. The molecule has 0 saturated heterocycles. The Kier molecular flexibility index (Phi) is 11.7. The van der Waals surface area contributed by atoms with Gasteiger partial charge in [-0.1, -0.05) is 31.5 Å². The zero-order valence-electron chi connectivity index (χ0n) is 15.6. The fourth-order valence-corrected chi connectivity index (χ4v) is 2.28. The smallest absolute Gasteiger partial charge is 0.306 e. The maximum Gasteiger partial charge on any atom is 0.306 e. The van der Waals surface area contributed by atoms with E-state index in [0.29, 0.717) is 12.5 Å². The number of esters is 1. The third-order valence-electron chi connectivity index (χ3n) is 3.34. The largest absolute Gasteiger partial charge is 0.466 e. The Bertz CT molecular complexity index is 653. The normalized spacial score (nSPS) is 10.8. The van der Waals surface area contributed by atoms with Crippen molar-refractivity contribution in [1.29, 1.82) is 0 Å². The summed E-state index contributed by atoms with van der Waals surface area (Å²) in [7, 11) is -4.02. The van der Waals surface area contributed by atoms with E-state index in [0.717, 1.165) is 18.4 Å². The highest BCUT2D eigenvalue weighted by Crippen LogP contribution is 2.08. The molecule has 0 fully saturated rings. The molecular formula is C18H29NO6S. The van der Waals surface area contributed by atoms with Crippen molar-refractivity contribution in [3.8, 4) is 0 Å². The molecule has 0 aliphatic rings. The van der Waals surface area contributed by atoms with Gasteiger partial charge in [0.1, 0.15) is 5.78 Å². The molecule has 0 aromatic heterocycles. The van der Waals surface area contributed by atoms with Gasteiger partial charge in [-0.05, 0) is 37.8 Å². The third-order valence-corrected chi connectivity index (χ3v) is 4.21. The molecule has 8 heteroatoms. The zero-order chi connectivity index (χ0) is 20.2. The molecule has 0 aliphatic carbocycles. The van der Waals surface area contributed by atoms with Crippen LogP contribution in [0, 0.1) is 12.8 Å². The predicted octanol–water partition coefficient (Wildman–Crippen LogP) is 2.52. The van der Waals surface area contributed by atoms with Crippen LogP contribution >= 0.6 is 0 Å². The minimum absolute atomic E-state index is 0.000624. The summed E-state index contributed by atoms with van der Waals surface area (Å²) >= 11 is 0. The molecule has 3 N–H and O–H groups in total. The lowest BCUT2D eigenvalue weighted by Crippen LogP contribution is -2.15. The van der Waals surface area contributed by atoms with E-state index in [1.165, 1.54) is 12.1 Å². The lowest BCUT2D eigenvalue weighted by Gasteiger charge is -2.05. The van der Waals surface area contributed by atoms with Crippen molar-refractivity contribution < 1.29 is 27.3 Å². The first-order valence-corrected chi connectivity index (χ1v) is 9.91. The molecule has 0 saturated carbocycles. The number of aryl methyl sites for hydroxylation is 1. The molecule has 1 rings (SSSR count). The molecule has 0 unspecified atom stereocenters. The summed E-state index contributed by atoms with van der Waals surface area (Å²) in [5, 5.41) is 0. The number of hydrogen-bond donors (Lipinski definition) is 2. The van der Waals surface area contributed by atoms with E-state index in [2.05, 4.69) is 13.8 Å². The maximum absolute atomic E-state index is 11.1. The van der Waals surface area contributed by atoms with Gasteiger partial charge in [0, 0.05) is 6.42 Å². The van der Waals surface area contributed by atoms with Gasteiger partial charge in [0.2, 0.25) is 0 Å². The summed E-state index contributed by atoms with van der Waals surface area (Å²) in [4.78, 5) is 21.8. The monoisotopic (exact) mass is 387 g/mol. The second-order valence-electron chi connectivity index (χ2n) is 6.29.